The molecule has 0 saturated heterocycles. The molecule has 118 valence electrons. The number of rotatable bonds is 6. The predicted molar refractivity (Wildman–Crippen MR) is 92.2 cm³/mol. The molecular formula is C17H23N3OS. The first-order valence-electron chi connectivity index (χ1n) is 7.65. The average molecular weight is 317 g/mol. The van der Waals surface area contributed by atoms with Gasteiger partial charge in [0, 0.05) is 11.1 Å². The van der Waals surface area contributed by atoms with Crippen molar-refractivity contribution in [3.8, 4) is 0 Å². The minimum atomic E-state index is -0.0886. The Morgan fingerprint density at radius 3 is 2.45 bits per heavy atom. The monoisotopic (exact) mass is 317 g/mol. The van der Waals surface area contributed by atoms with Gasteiger partial charge in [0.2, 0.25) is 5.91 Å². The summed E-state index contributed by atoms with van der Waals surface area (Å²) in [7, 11) is 0. The lowest BCUT2D eigenvalue weighted by Crippen LogP contribution is -2.17. The Labute approximate surface area is 135 Å². The molecule has 0 aliphatic heterocycles. The number of nitrogens with two attached hydrogens (primary N) is 1. The smallest absolute Gasteiger partial charge is 0.230 e. The number of para-hydroxylation sites is 1. The highest BCUT2D eigenvalue weighted by atomic mass is 32.1. The molecule has 1 aromatic carbocycles. The lowest BCUT2D eigenvalue weighted by molar-refractivity contribution is -0.115. The molecule has 1 unspecified atom stereocenters. The van der Waals surface area contributed by atoms with Gasteiger partial charge in [-0.1, -0.05) is 32.0 Å². The quantitative estimate of drug-likeness (QED) is 0.857. The second-order valence-corrected chi connectivity index (χ2v) is 6.24. The molecule has 1 aromatic heterocycles. The number of amides is 1. The zero-order valence-corrected chi connectivity index (χ0v) is 14.2. The number of aromatic nitrogens is 1. The summed E-state index contributed by atoms with van der Waals surface area (Å²) < 4.78 is 0. The van der Waals surface area contributed by atoms with E-state index >= 15 is 0 Å². The van der Waals surface area contributed by atoms with E-state index < -0.39 is 0 Å². The van der Waals surface area contributed by atoms with Crippen molar-refractivity contribution in [2.24, 2.45) is 5.73 Å². The maximum atomic E-state index is 12.3. The van der Waals surface area contributed by atoms with Crippen LogP contribution in [0.15, 0.2) is 23.6 Å². The summed E-state index contributed by atoms with van der Waals surface area (Å²) in [5.41, 5.74) is 9.88. The first kappa shape index (κ1) is 16.6. The predicted octanol–water partition coefficient (Wildman–Crippen LogP) is 3.47. The van der Waals surface area contributed by atoms with Crippen LogP contribution in [0.4, 0.5) is 5.69 Å². The van der Waals surface area contributed by atoms with Crippen LogP contribution in [0, 0.1) is 0 Å². The van der Waals surface area contributed by atoms with Crippen LogP contribution in [0.1, 0.15) is 48.6 Å². The number of benzene rings is 1. The molecule has 2 aromatic rings. The third kappa shape index (κ3) is 3.93. The van der Waals surface area contributed by atoms with Crippen molar-refractivity contribution in [2.75, 3.05) is 5.32 Å². The highest BCUT2D eigenvalue weighted by Crippen LogP contribution is 2.23. The maximum Gasteiger partial charge on any atom is 0.230 e. The summed E-state index contributed by atoms with van der Waals surface area (Å²) >= 11 is 1.51. The number of hydrogen-bond acceptors (Lipinski definition) is 4. The van der Waals surface area contributed by atoms with Crippen molar-refractivity contribution in [3.05, 3.63) is 45.4 Å². The Hall–Kier alpha value is -1.72. The standard InChI is InChI=1S/C17H23N3OS/c1-4-12-7-6-8-13(5-2)16(12)20-15(21)9-14-10-22-17(19-14)11(3)18/h6-8,10-11H,4-5,9,18H2,1-3H3,(H,20,21). The number of thiazole rings is 1. The number of carbonyl (C=O) groups excluding carboxylic acids is 1. The SMILES string of the molecule is CCc1cccc(CC)c1NC(=O)Cc1csc(C(C)N)n1. The second kappa shape index (κ2) is 7.51. The van der Waals surface area contributed by atoms with Crippen molar-refractivity contribution < 1.29 is 4.79 Å². The van der Waals surface area contributed by atoms with Gasteiger partial charge in [0.1, 0.15) is 5.01 Å². The minimum absolute atomic E-state index is 0.0304. The van der Waals surface area contributed by atoms with Crippen LogP contribution in [-0.2, 0) is 24.1 Å². The molecule has 1 amide bonds. The van der Waals surface area contributed by atoms with Gasteiger partial charge in [-0.25, -0.2) is 4.98 Å². The van der Waals surface area contributed by atoms with Crippen LogP contribution in [0.25, 0.3) is 0 Å². The maximum absolute atomic E-state index is 12.3. The minimum Gasteiger partial charge on any atom is -0.325 e. The summed E-state index contributed by atoms with van der Waals surface area (Å²) in [6.45, 7) is 6.09. The molecule has 0 fully saturated rings. The Bertz CT molecular complexity index is 627. The molecule has 5 heteroatoms. The number of carbonyl (C=O) groups is 1. The Balaban J connectivity index is 2.11. The molecule has 1 atom stereocenters. The lowest BCUT2D eigenvalue weighted by Gasteiger charge is -2.14. The fraction of sp³-hybridized carbons (Fsp3) is 0.412. The zero-order chi connectivity index (χ0) is 16.1. The number of nitrogens with zero attached hydrogens (tertiary/aromatic N) is 1. The van der Waals surface area contributed by atoms with Crippen molar-refractivity contribution in [1.82, 2.24) is 4.98 Å². The third-order valence-electron chi connectivity index (χ3n) is 3.56. The number of aryl methyl sites for hydroxylation is 2. The van der Waals surface area contributed by atoms with Gasteiger partial charge >= 0.3 is 0 Å². The van der Waals surface area contributed by atoms with E-state index in [4.69, 9.17) is 5.73 Å². The highest BCUT2D eigenvalue weighted by molar-refractivity contribution is 7.09. The van der Waals surface area contributed by atoms with Crippen molar-refractivity contribution in [3.63, 3.8) is 0 Å². The Morgan fingerprint density at radius 1 is 1.32 bits per heavy atom. The second-order valence-electron chi connectivity index (χ2n) is 5.35. The van der Waals surface area contributed by atoms with E-state index in [-0.39, 0.29) is 18.4 Å². The van der Waals surface area contributed by atoms with E-state index in [9.17, 15) is 4.79 Å². The summed E-state index contributed by atoms with van der Waals surface area (Å²) in [5, 5.41) is 5.84. The largest absolute Gasteiger partial charge is 0.325 e. The Kier molecular flexibility index (Phi) is 5.69. The molecule has 2 rings (SSSR count). The van der Waals surface area contributed by atoms with Crippen molar-refractivity contribution in [2.45, 2.75) is 46.1 Å². The molecular weight excluding hydrogens is 294 g/mol. The van der Waals surface area contributed by atoms with Crippen LogP contribution in [-0.4, -0.2) is 10.9 Å². The number of nitrogens with one attached hydrogen (secondary N) is 1. The molecule has 0 radical (unpaired) electrons. The van der Waals surface area contributed by atoms with E-state index in [1.807, 2.05) is 18.4 Å². The normalized spacial score (nSPS) is 12.2. The summed E-state index contributed by atoms with van der Waals surface area (Å²) in [6.07, 6.45) is 2.08. The van der Waals surface area contributed by atoms with E-state index in [0.29, 0.717) is 0 Å². The van der Waals surface area contributed by atoms with Crippen molar-refractivity contribution >= 4 is 22.9 Å². The molecule has 0 bridgehead atoms. The van der Waals surface area contributed by atoms with Gasteiger partial charge in [-0.3, -0.25) is 4.79 Å². The van der Waals surface area contributed by atoms with Crippen molar-refractivity contribution in [1.29, 1.82) is 0 Å². The van der Waals surface area contributed by atoms with E-state index in [2.05, 4.69) is 36.3 Å². The lowest BCUT2D eigenvalue weighted by atomic mass is 10.0. The fourth-order valence-corrected chi connectivity index (χ4v) is 3.14. The molecule has 0 aliphatic carbocycles. The topological polar surface area (TPSA) is 68.0 Å². The third-order valence-corrected chi connectivity index (χ3v) is 4.66. The van der Waals surface area contributed by atoms with E-state index in [0.717, 1.165) is 29.2 Å². The van der Waals surface area contributed by atoms with Crippen LogP contribution in [0.3, 0.4) is 0 Å². The number of hydrogen-bond donors (Lipinski definition) is 2. The van der Waals surface area contributed by atoms with Crippen LogP contribution >= 0.6 is 11.3 Å². The van der Waals surface area contributed by atoms with Gasteiger partial charge in [0.15, 0.2) is 0 Å². The molecule has 0 aliphatic rings. The van der Waals surface area contributed by atoms with Crippen LogP contribution in [0.2, 0.25) is 0 Å². The average Bonchev–Trinajstić information content (AvgIpc) is 2.96. The Morgan fingerprint density at radius 2 is 1.95 bits per heavy atom. The molecule has 1 heterocycles. The molecule has 0 spiro atoms. The van der Waals surface area contributed by atoms with E-state index in [1.165, 1.54) is 22.5 Å². The van der Waals surface area contributed by atoms with Crippen LogP contribution < -0.4 is 11.1 Å². The first-order chi connectivity index (χ1) is 10.5. The molecule has 0 saturated carbocycles. The highest BCUT2D eigenvalue weighted by Gasteiger charge is 2.13. The zero-order valence-electron chi connectivity index (χ0n) is 13.3. The fourth-order valence-electron chi connectivity index (χ4n) is 2.36. The van der Waals surface area contributed by atoms with Gasteiger partial charge in [0.25, 0.3) is 0 Å². The summed E-state index contributed by atoms with van der Waals surface area (Å²) in [4.78, 5) is 16.7. The van der Waals surface area contributed by atoms with Gasteiger partial charge in [-0.2, -0.15) is 0 Å². The number of anilines is 1. The molecule has 22 heavy (non-hydrogen) atoms. The molecule has 4 nitrogen and oxygen atoms in total. The summed E-state index contributed by atoms with van der Waals surface area (Å²) in [6, 6.07) is 6.08. The van der Waals surface area contributed by atoms with Gasteiger partial charge in [-0.05, 0) is 30.9 Å². The first-order valence-corrected chi connectivity index (χ1v) is 8.53. The summed E-state index contributed by atoms with van der Waals surface area (Å²) in [5.74, 6) is -0.0304. The van der Waals surface area contributed by atoms with Gasteiger partial charge in [-0.15, -0.1) is 11.3 Å². The van der Waals surface area contributed by atoms with Gasteiger partial charge < -0.3 is 11.1 Å². The van der Waals surface area contributed by atoms with Crippen LogP contribution in [0.5, 0.6) is 0 Å². The van der Waals surface area contributed by atoms with E-state index in [1.54, 1.807) is 0 Å². The molecule has 3 N–H and O–H groups in total. The van der Waals surface area contributed by atoms with Gasteiger partial charge in [0.05, 0.1) is 18.2 Å².